The highest BCUT2D eigenvalue weighted by Gasteiger charge is 2.21. The number of nitrogens with zero attached hydrogens (tertiary/aromatic N) is 3. The molecule has 110 valence electrons. The van der Waals surface area contributed by atoms with Gasteiger partial charge < -0.3 is 10.2 Å². The van der Waals surface area contributed by atoms with Gasteiger partial charge in [-0.3, -0.25) is 4.98 Å². The smallest absolute Gasteiger partial charge is 0.125 e. The number of anilines is 1. The number of rotatable bonds is 6. The molecular weight excluding hydrogens is 260 g/mol. The van der Waals surface area contributed by atoms with E-state index in [1.165, 1.54) is 25.1 Å². The van der Waals surface area contributed by atoms with E-state index in [1.807, 2.05) is 36.8 Å². The van der Waals surface area contributed by atoms with Crippen LogP contribution in [0.5, 0.6) is 0 Å². The molecule has 4 heteroatoms. The summed E-state index contributed by atoms with van der Waals surface area (Å²) in [6.45, 7) is 4.55. The minimum Gasteiger partial charge on any atom is -0.370 e. The maximum Gasteiger partial charge on any atom is 0.125 e. The van der Waals surface area contributed by atoms with Crippen LogP contribution in [0.1, 0.15) is 12.0 Å². The molecule has 3 rings (SSSR count). The first-order valence-corrected chi connectivity index (χ1v) is 7.66. The Morgan fingerprint density at radius 1 is 1.14 bits per heavy atom. The predicted molar refractivity (Wildman–Crippen MR) is 85.2 cm³/mol. The van der Waals surface area contributed by atoms with Crippen molar-refractivity contribution >= 4 is 5.82 Å². The van der Waals surface area contributed by atoms with Gasteiger partial charge in [0.05, 0.1) is 0 Å². The van der Waals surface area contributed by atoms with Gasteiger partial charge in [-0.05, 0) is 55.1 Å². The van der Waals surface area contributed by atoms with Crippen LogP contribution in [-0.4, -0.2) is 41.0 Å². The average molecular weight is 282 g/mol. The Kier molecular flexibility index (Phi) is 4.79. The largest absolute Gasteiger partial charge is 0.370 e. The highest BCUT2D eigenvalue weighted by Crippen LogP contribution is 2.17. The Morgan fingerprint density at radius 3 is 2.86 bits per heavy atom. The van der Waals surface area contributed by atoms with E-state index in [9.17, 15) is 0 Å². The van der Waals surface area contributed by atoms with Crippen LogP contribution in [0.3, 0.4) is 0 Å². The van der Waals surface area contributed by atoms with E-state index in [0.29, 0.717) is 0 Å². The first-order chi connectivity index (χ1) is 10.4. The molecule has 0 radical (unpaired) electrons. The molecular formula is C17H22N4. The van der Waals surface area contributed by atoms with Crippen molar-refractivity contribution in [2.75, 3.05) is 31.5 Å². The summed E-state index contributed by atoms with van der Waals surface area (Å²) in [7, 11) is 0. The number of aromatic nitrogens is 2. The lowest BCUT2D eigenvalue weighted by atomic mass is 10.1. The first-order valence-electron chi connectivity index (χ1n) is 7.66. The fourth-order valence-electron chi connectivity index (χ4n) is 2.84. The number of likely N-dealkylation sites (tertiary alicyclic amines) is 1. The van der Waals surface area contributed by atoms with Gasteiger partial charge >= 0.3 is 0 Å². The van der Waals surface area contributed by atoms with Gasteiger partial charge in [-0.1, -0.05) is 6.07 Å². The van der Waals surface area contributed by atoms with Crippen LogP contribution in [-0.2, 0) is 6.42 Å². The maximum atomic E-state index is 4.30. The summed E-state index contributed by atoms with van der Waals surface area (Å²) in [6.07, 6.45) is 7.97. The monoisotopic (exact) mass is 282 g/mol. The van der Waals surface area contributed by atoms with Crippen molar-refractivity contribution in [1.29, 1.82) is 0 Å². The fraction of sp³-hybridized carbons (Fsp3) is 0.412. The highest BCUT2D eigenvalue weighted by molar-refractivity contribution is 5.33. The molecule has 1 aliphatic heterocycles. The van der Waals surface area contributed by atoms with E-state index in [1.54, 1.807) is 0 Å². The molecule has 1 atom stereocenters. The number of hydrogen-bond donors (Lipinski definition) is 1. The molecule has 2 aromatic rings. The SMILES string of the molecule is c1ccc(NCC2CCN(CCc3ccncc3)C2)nc1. The molecule has 0 aromatic carbocycles. The van der Waals surface area contributed by atoms with Gasteiger partial charge in [0.2, 0.25) is 0 Å². The van der Waals surface area contributed by atoms with Crippen LogP contribution >= 0.6 is 0 Å². The van der Waals surface area contributed by atoms with Gasteiger partial charge in [0.15, 0.2) is 0 Å². The van der Waals surface area contributed by atoms with Gasteiger partial charge in [-0.2, -0.15) is 0 Å². The normalized spacial score (nSPS) is 18.8. The summed E-state index contributed by atoms with van der Waals surface area (Å²) in [6, 6.07) is 10.2. The van der Waals surface area contributed by atoms with Crippen LogP contribution in [0, 0.1) is 5.92 Å². The molecule has 1 fully saturated rings. The molecule has 4 nitrogen and oxygen atoms in total. The van der Waals surface area contributed by atoms with E-state index < -0.39 is 0 Å². The third-order valence-corrected chi connectivity index (χ3v) is 4.07. The molecule has 0 saturated carbocycles. The van der Waals surface area contributed by atoms with Crippen molar-refractivity contribution in [2.45, 2.75) is 12.8 Å². The Balaban J connectivity index is 1.39. The number of pyridine rings is 2. The van der Waals surface area contributed by atoms with Gasteiger partial charge in [-0.25, -0.2) is 4.98 Å². The van der Waals surface area contributed by atoms with Crippen molar-refractivity contribution in [3.63, 3.8) is 0 Å². The highest BCUT2D eigenvalue weighted by atomic mass is 15.1. The Hall–Kier alpha value is -1.94. The zero-order valence-electron chi connectivity index (χ0n) is 12.3. The quantitative estimate of drug-likeness (QED) is 0.883. The maximum absolute atomic E-state index is 4.30. The Morgan fingerprint density at radius 2 is 2.05 bits per heavy atom. The van der Waals surface area contributed by atoms with E-state index in [-0.39, 0.29) is 0 Å². The first kappa shape index (κ1) is 14.0. The van der Waals surface area contributed by atoms with Crippen molar-refractivity contribution < 1.29 is 0 Å². The molecule has 0 amide bonds. The number of nitrogens with one attached hydrogen (secondary N) is 1. The van der Waals surface area contributed by atoms with Gasteiger partial charge in [0.25, 0.3) is 0 Å². The summed E-state index contributed by atoms with van der Waals surface area (Å²) < 4.78 is 0. The third-order valence-electron chi connectivity index (χ3n) is 4.07. The minimum atomic E-state index is 0.726. The predicted octanol–water partition coefficient (Wildman–Crippen LogP) is 2.45. The van der Waals surface area contributed by atoms with Crippen molar-refractivity contribution in [1.82, 2.24) is 14.9 Å². The molecule has 3 heterocycles. The summed E-state index contributed by atoms with van der Waals surface area (Å²) in [4.78, 5) is 10.9. The van der Waals surface area contributed by atoms with E-state index in [4.69, 9.17) is 0 Å². The lowest BCUT2D eigenvalue weighted by Gasteiger charge is -2.16. The lowest BCUT2D eigenvalue weighted by Crippen LogP contribution is -2.25. The second-order valence-electron chi connectivity index (χ2n) is 5.66. The average Bonchev–Trinajstić information content (AvgIpc) is 3.01. The van der Waals surface area contributed by atoms with Crippen LogP contribution in [0.4, 0.5) is 5.82 Å². The molecule has 2 aromatic heterocycles. The topological polar surface area (TPSA) is 41.0 Å². The van der Waals surface area contributed by atoms with Crippen LogP contribution in [0.2, 0.25) is 0 Å². The summed E-state index contributed by atoms with van der Waals surface area (Å²) in [5, 5.41) is 3.43. The Labute approximate surface area is 126 Å². The zero-order chi connectivity index (χ0) is 14.3. The zero-order valence-corrected chi connectivity index (χ0v) is 12.3. The van der Waals surface area contributed by atoms with E-state index >= 15 is 0 Å². The van der Waals surface area contributed by atoms with Crippen molar-refractivity contribution in [3.05, 3.63) is 54.5 Å². The van der Waals surface area contributed by atoms with Gasteiger partial charge in [0.1, 0.15) is 5.82 Å². The third kappa shape index (κ3) is 4.26. The van der Waals surface area contributed by atoms with Gasteiger partial charge in [0, 0.05) is 38.2 Å². The van der Waals surface area contributed by atoms with Crippen molar-refractivity contribution in [3.8, 4) is 0 Å². The second-order valence-corrected chi connectivity index (χ2v) is 5.66. The standard InChI is InChI=1S/C17H22N4/c1-2-8-19-17(3-1)20-13-16-7-12-21(14-16)11-6-15-4-9-18-10-5-15/h1-5,8-10,16H,6-7,11-14H2,(H,19,20). The summed E-state index contributed by atoms with van der Waals surface area (Å²) in [5.41, 5.74) is 1.38. The van der Waals surface area contributed by atoms with Crippen LogP contribution in [0.15, 0.2) is 48.9 Å². The molecule has 0 aliphatic carbocycles. The second kappa shape index (κ2) is 7.18. The molecule has 1 N–H and O–H groups in total. The summed E-state index contributed by atoms with van der Waals surface area (Å²) in [5.74, 6) is 1.71. The van der Waals surface area contributed by atoms with E-state index in [2.05, 4.69) is 32.3 Å². The van der Waals surface area contributed by atoms with Crippen molar-refractivity contribution in [2.24, 2.45) is 5.92 Å². The minimum absolute atomic E-state index is 0.726. The van der Waals surface area contributed by atoms with Crippen LogP contribution in [0.25, 0.3) is 0 Å². The Bertz CT molecular complexity index is 480. The van der Waals surface area contributed by atoms with E-state index in [0.717, 1.165) is 31.2 Å². The fourth-order valence-corrected chi connectivity index (χ4v) is 2.84. The molecule has 1 saturated heterocycles. The molecule has 1 unspecified atom stereocenters. The molecule has 1 aliphatic rings. The lowest BCUT2D eigenvalue weighted by molar-refractivity contribution is 0.330. The van der Waals surface area contributed by atoms with Gasteiger partial charge in [-0.15, -0.1) is 0 Å². The molecule has 0 spiro atoms. The summed E-state index contributed by atoms with van der Waals surface area (Å²) >= 11 is 0. The molecule has 0 bridgehead atoms. The molecule has 21 heavy (non-hydrogen) atoms. The van der Waals surface area contributed by atoms with Crippen LogP contribution < -0.4 is 5.32 Å². The number of hydrogen-bond acceptors (Lipinski definition) is 4.